The number of hydrogen-bond acceptors (Lipinski definition) is 3. The van der Waals surface area contributed by atoms with Gasteiger partial charge in [0.05, 0.1) is 11.4 Å². The van der Waals surface area contributed by atoms with E-state index in [1.165, 1.54) is 0 Å². The highest BCUT2D eigenvalue weighted by molar-refractivity contribution is 5.96. The van der Waals surface area contributed by atoms with Gasteiger partial charge in [-0.15, -0.1) is 6.58 Å². The van der Waals surface area contributed by atoms with Crippen molar-refractivity contribution in [3.8, 4) is 0 Å². The van der Waals surface area contributed by atoms with Gasteiger partial charge in [-0.25, -0.2) is 0 Å². The summed E-state index contributed by atoms with van der Waals surface area (Å²) in [6.45, 7) is 6.71. The van der Waals surface area contributed by atoms with Crippen molar-refractivity contribution in [2.75, 3.05) is 24.1 Å². The highest BCUT2D eigenvalue weighted by atomic mass is 16.1. The predicted octanol–water partition coefficient (Wildman–Crippen LogP) is 1.62. The van der Waals surface area contributed by atoms with Gasteiger partial charge in [0.15, 0.2) is 0 Å². The normalized spacial score (nSPS) is 9.56. The Morgan fingerprint density at radius 2 is 2.31 bits per heavy atom. The first kappa shape index (κ1) is 12.1. The van der Waals surface area contributed by atoms with E-state index in [9.17, 15) is 4.79 Å². The van der Waals surface area contributed by atoms with E-state index < -0.39 is 0 Å². The molecule has 0 saturated heterocycles. The van der Waals surface area contributed by atoms with Crippen LogP contribution in [0.15, 0.2) is 30.9 Å². The van der Waals surface area contributed by atoms with Gasteiger partial charge in [0.25, 0.3) is 5.91 Å². The lowest BCUT2D eigenvalue weighted by Gasteiger charge is -2.09. The van der Waals surface area contributed by atoms with E-state index in [2.05, 4.69) is 17.2 Å². The number of nitrogens with one attached hydrogen (secondary N) is 2. The molecule has 0 heterocycles. The summed E-state index contributed by atoms with van der Waals surface area (Å²) in [5.74, 6) is -0.0934. The summed E-state index contributed by atoms with van der Waals surface area (Å²) in [6.07, 6.45) is 1.73. The van der Waals surface area contributed by atoms with E-state index in [0.29, 0.717) is 24.3 Å². The number of anilines is 2. The van der Waals surface area contributed by atoms with Gasteiger partial charge in [-0.3, -0.25) is 4.79 Å². The van der Waals surface area contributed by atoms with Gasteiger partial charge in [0, 0.05) is 18.7 Å². The maximum Gasteiger partial charge on any atom is 0.251 e. The van der Waals surface area contributed by atoms with Crippen molar-refractivity contribution in [1.82, 2.24) is 5.32 Å². The molecule has 0 unspecified atom stereocenters. The van der Waals surface area contributed by atoms with Crippen LogP contribution in [-0.2, 0) is 0 Å². The Labute approximate surface area is 95.5 Å². The Kier molecular flexibility index (Phi) is 4.39. The van der Waals surface area contributed by atoms with Gasteiger partial charge in [0.1, 0.15) is 0 Å². The second kappa shape index (κ2) is 5.80. The van der Waals surface area contributed by atoms with E-state index in [4.69, 9.17) is 5.73 Å². The van der Waals surface area contributed by atoms with Crippen molar-refractivity contribution in [1.29, 1.82) is 0 Å². The summed E-state index contributed by atoms with van der Waals surface area (Å²) in [6, 6.07) is 5.17. The number of carbonyl (C=O) groups excluding carboxylic acids is 1. The van der Waals surface area contributed by atoms with Crippen LogP contribution in [0.2, 0.25) is 0 Å². The van der Waals surface area contributed by atoms with Crippen LogP contribution in [0.25, 0.3) is 0 Å². The maximum atomic E-state index is 11.6. The molecule has 0 fully saturated rings. The number of benzene rings is 1. The molecule has 4 heteroatoms. The molecule has 4 nitrogen and oxygen atoms in total. The molecule has 1 aromatic rings. The molecule has 16 heavy (non-hydrogen) atoms. The number of nitrogen functional groups attached to an aromatic ring is 1. The summed E-state index contributed by atoms with van der Waals surface area (Å²) < 4.78 is 0. The lowest BCUT2D eigenvalue weighted by Crippen LogP contribution is -2.22. The minimum Gasteiger partial charge on any atom is -0.397 e. The van der Waals surface area contributed by atoms with Crippen molar-refractivity contribution in [3.05, 3.63) is 36.4 Å². The van der Waals surface area contributed by atoms with Crippen molar-refractivity contribution in [3.63, 3.8) is 0 Å². The van der Waals surface area contributed by atoms with E-state index in [0.717, 1.165) is 5.69 Å². The topological polar surface area (TPSA) is 67.2 Å². The standard InChI is InChI=1S/C12H17N3O/c1-3-7-15-11-8-9(5-6-10(11)13)12(16)14-4-2/h3,5-6,8,15H,1,4,7,13H2,2H3,(H,14,16). The molecule has 0 aliphatic carbocycles. The molecule has 1 amide bonds. The molecule has 0 aliphatic heterocycles. The maximum absolute atomic E-state index is 11.6. The van der Waals surface area contributed by atoms with Gasteiger partial charge in [0.2, 0.25) is 0 Å². The first-order valence-corrected chi connectivity index (χ1v) is 5.21. The Morgan fingerprint density at radius 3 is 2.94 bits per heavy atom. The molecule has 0 aromatic heterocycles. The third-order valence-electron chi connectivity index (χ3n) is 2.09. The quantitative estimate of drug-likeness (QED) is 0.520. The van der Waals surface area contributed by atoms with Crippen LogP contribution >= 0.6 is 0 Å². The van der Waals surface area contributed by atoms with Gasteiger partial charge < -0.3 is 16.4 Å². The zero-order chi connectivity index (χ0) is 12.0. The minimum absolute atomic E-state index is 0.0934. The summed E-state index contributed by atoms with van der Waals surface area (Å²) in [4.78, 5) is 11.6. The summed E-state index contributed by atoms with van der Waals surface area (Å²) in [5.41, 5.74) is 7.75. The fraction of sp³-hybridized carbons (Fsp3) is 0.250. The molecule has 4 N–H and O–H groups in total. The van der Waals surface area contributed by atoms with Crippen molar-refractivity contribution >= 4 is 17.3 Å². The van der Waals surface area contributed by atoms with E-state index in [1.54, 1.807) is 24.3 Å². The number of amides is 1. The molecule has 0 spiro atoms. The van der Waals surface area contributed by atoms with Crippen molar-refractivity contribution in [2.24, 2.45) is 0 Å². The van der Waals surface area contributed by atoms with Gasteiger partial charge in [-0.1, -0.05) is 6.08 Å². The highest BCUT2D eigenvalue weighted by Gasteiger charge is 2.06. The van der Waals surface area contributed by atoms with E-state index >= 15 is 0 Å². The predicted molar refractivity (Wildman–Crippen MR) is 67.5 cm³/mol. The van der Waals surface area contributed by atoms with Gasteiger partial charge in [-0.2, -0.15) is 0 Å². The molecule has 1 aromatic carbocycles. The van der Waals surface area contributed by atoms with E-state index in [-0.39, 0.29) is 5.91 Å². The fourth-order valence-corrected chi connectivity index (χ4v) is 1.30. The van der Waals surface area contributed by atoms with Crippen LogP contribution in [-0.4, -0.2) is 19.0 Å². The molecule has 0 aliphatic rings. The second-order valence-electron chi connectivity index (χ2n) is 3.33. The zero-order valence-electron chi connectivity index (χ0n) is 9.42. The first-order valence-electron chi connectivity index (χ1n) is 5.21. The minimum atomic E-state index is -0.0934. The molecule has 0 radical (unpaired) electrons. The van der Waals surface area contributed by atoms with Crippen LogP contribution in [0.1, 0.15) is 17.3 Å². The summed E-state index contributed by atoms with van der Waals surface area (Å²) >= 11 is 0. The summed E-state index contributed by atoms with van der Waals surface area (Å²) in [5, 5.41) is 5.81. The first-order chi connectivity index (χ1) is 7.69. The Morgan fingerprint density at radius 1 is 1.56 bits per heavy atom. The summed E-state index contributed by atoms with van der Waals surface area (Å²) in [7, 11) is 0. The SMILES string of the molecule is C=CCNc1cc(C(=O)NCC)ccc1N. The monoisotopic (exact) mass is 219 g/mol. The Hall–Kier alpha value is -1.97. The third-order valence-corrected chi connectivity index (χ3v) is 2.09. The number of hydrogen-bond donors (Lipinski definition) is 3. The molecule has 0 saturated carbocycles. The Bertz CT molecular complexity index is 388. The van der Waals surface area contributed by atoms with Crippen LogP contribution in [0.4, 0.5) is 11.4 Å². The lowest BCUT2D eigenvalue weighted by atomic mass is 10.1. The average molecular weight is 219 g/mol. The number of carbonyl (C=O) groups is 1. The molecule has 86 valence electrons. The van der Waals surface area contributed by atoms with Crippen LogP contribution < -0.4 is 16.4 Å². The fourth-order valence-electron chi connectivity index (χ4n) is 1.30. The molecule has 0 bridgehead atoms. The molecular weight excluding hydrogens is 202 g/mol. The number of nitrogens with two attached hydrogens (primary N) is 1. The molecule has 1 rings (SSSR count). The van der Waals surface area contributed by atoms with E-state index in [1.807, 2.05) is 6.92 Å². The van der Waals surface area contributed by atoms with Crippen molar-refractivity contribution < 1.29 is 4.79 Å². The third kappa shape index (κ3) is 3.02. The van der Waals surface area contributed by atoms with Crippen LogP contribution in [0, 0.1) is 0 Å². The second-order valence-corrected chi connectivity index (χ2v) is 3.33. The molecule has 0 atom stereocenters. The number of rotatable bonds is 5. The molecular formula is C12H17N3O. The largest absolute Gasteiger partial charge is 0.397 e. The highest BCUT2D eigenvalue weighted by Crippen LogP contribution is 2.19. The average Bonchev–Trinajstić information content (AvgIpc) is 2.28. The van der Waals surface area contributed by atoms with Crippen LogP contribution in [0.5, 0.6) is 0 Å². The zero-order valence-corrected chi connectivity index (χ0v) is 9.42. The van der Waals surface area contributed by atoms with Crippen LogP contribution in [0.3, 0.4) is 0 Å². The smallest absolute Gasteiger partial charge is 0.251 e. The lowest BCUT2D eigenvalue weighted by molar-refractivity contribution is 0.0956. The van der Waals surface area contributed by atoms with Crippen molar-refractivity contribution in [2.45, 2.75) is 6.92 Å². The van der Waals surface area contributed by atoms with Gasteiger partial charge >= 0.3 is 0 Å². The Balaban J connectivity index is 2.88. The van der Waals surface area contributed by atoms with Gasteiger partial charge in [-0.05, 0) is 25.1 Å².